The summed E-state index contributed by atoms with van der Waals surface area (Å²) in [5, 5.41) is 9.66. The minimum atomic E-state index is -0.984. The molecule has 0 saturated heterocycles. The summed E-state index contributed by atoms with van der Waals surface area (Å²) in [5.74, 6) is -0.562. The topological polar surface area (TPSA) is 76.2 Å². The number of nitrogens with two attached hydrogens (primary N) is 1. The number of rotatable bonds is 4. The first-order valence-electron chi connectivity index (χ1n) is 5.43. The maximum atomic E-state index is 11.1. The smallest absolute Gasteiger partial charge is 0.337 e. The van der Waals surface area contributed by atoms with Crippen LogP contribution in [0.4, 0.5) is 5.69 Å². The van der Waals surface area contributed by atoms with Gasteiger partial charge in [0.25, 0.3) is 0 Å². The number of carbonyl (C=O) groups is 1. The minimum Gasteiger partial charge on any atom is -0.478 e. The van der Waals surface area contributed by atoms with E-state index in [9.17, 15) is 4.79 Å². The lowest BCUT2D eigenvalue weighted by atomic mass is 10.2. The highest BCUT2D eigenvalue weighted by Crippen LogP contribution is 2.31. The van der Waals surface area contributed by atoms with Gasteiger partial charge in [0, 0.05) is 22.5 Å². The number of aromatic nitrogens is 1. The van der Waals surface area contributed by atoms with Crippen molar-refractivity contribution in [3.63, 3.8) is 0 Å². The van der Waals surface area contributed by atoms with Crippen molar-refractivity contribution in [2.24, 2.45) is 0 Å². The molecule has 19 heavy (non-hydrogen) atoms. The molecule has 2 aromatic rings. The Bertz CT molecular complexity index is 619. The van der Waals surface area contributed by atoms with Gasteiger partial charge >= 0.3 is 5.97 Å². The molecule has 0 amide bonds. The summed E-state index contributed by atoms with van der Waals surface area (Å²) >= 11 is 7.46. The van der Waals surface area contributed by atoms with Gasteiger partial charge < -0.3 is 10.8 Å². The monoisotopic (exact) mass is 294 g/mol. The number of nitrogen functional groups attached to an aromatic ring is 1. The molecular weight excluding hydrogens is 284 g/mol. The zero-order valence-corrected chi connectivity index (χ0v) is 11.4. The fraction of sp³-hybridized carbons (Fsp3) is 0.0769. The fourth-order valence-corrected chi connectivity index (χ4v) is 2.75. The van der Waals surface area contributed by atoms with Crippen LogP contribution in [0.25, 0.3) is 0 Å². The second kappa shape index (κ2) is 5.95. The van der Waals surface area contributed by atoms with Crippen molar-refractivity contribution in [3.05, 3.63) is 52.8 Å². The number of thioether (sulfide) groups is 1. The highest BCUT2D eigenvalue weighted by molar-refractivity contribution is 7.98. The van der Waals surface area contributed by atoms with E-state index in [2.05, 4.69) is 4.98 Å². The van der Waals surface area contributed by atoms with Crippen molar-refractivity contribution in [1.82, 2.24) is 4.98 Å². The molecule has 0 radical (unpaired) electrons. The van der Waals surface area contributed by atoms with Crippen LogP contribution in [0.15, 0.2) is 41.4 Å². The van der Waals surface area contributed by atoms with E-state index in [4.69, 9.17) is 22.4 Å². The molecule has 2 rings (SSSR count). The van der Waals surface area contributed by atoms with Crippen LogP contribution in [-0.2, 0) is 5.75 Å². The van der Waals surface area contributed by atoms with Gasteiger partial charge in [-0.2, -0.15) is 0 Å². The van der Waals surface area contributed by atoms with Crippen LogP contribution in [0, 0.1) is 0 Å². The van der Waals surface area contributed by atoms with Crippen LogP contribution in [0.3, 0.4) is 0 Å². The molecule has 0 fully saturated rings. The Morgan fingerprint density at radius 3 is 2.95 bits per heavy atom. The summed E-state index contributed by atoms with van der Waals surface area (Å²) in [6.07, 6.45) is 1.57. The number of nitrogens with zero attached hydrogens (tertiary/aromatic N) is 1. The lowest BCUT2D eigenvalue weighted by Crippen LogP contribution is -2.03. The van der Waals surface area contributed by atoms with E-state index in [-0.39, 0.29) is 5.56 Å². The van der Waals surface area contributed by atoms with Crippen molar-refractivity contribution in [3.8, 4) is 0 Å². The molecule has 0 spiro atoms. The number of carboxylic acid groups (broad SMARTS) is 1. The van der Waals surface area contributed by atoms with E-state index in [0.29, 0.717) is 22.2 Å². The van der Waals surface area contributed by atoms with Gasteiger partial charge in [-0.25, -0.2) is 4.79 Å². The zero-order valence-electron chi connectivity index (χ0n) is 9.84. The third kappa shape index (κ3) is 3.39. The number of anilines is 1. The predicted octanol–water partition coefficient (Wildman–Crippen LogP) is 3.31. The second-order valence-corrected chi connectivity index (χ2v) is 5.21. The molecule has 1 aromatic heterocycles. The largest absolute Gasteiger partial charge is 0.478 e. The average molecular weight is 295 g/mol. The van der Waals surface area contributed by atoms with E-state index in [1.54, 1.807) is 30.5 Å². The number of pyridine rings is 1. The Kier molecular flexibility index (Phi) is 4.29. The molecule has 0 unspecified atom stereocenters. The van der Waals surface area contributed by atoms with Gasteiger partial charge in [0.05, 0.1) is 16.3 Å². The summed E-state index contributed by atoms with van der Waals surface area (Å²) < 4.78 is 0. The highest BCUT2D eigenvalue weighted by atomic mass is 35.5. The number of hydrogen-bond acceptors (Lipinski definition) is 4. The average Bonchev–Trinajstić information content (AvgIpc) is 2.40. The first kappa shape index (κ1) is 13.7. The molecule has 0 aliphatic carbocycles. The molecule has 98 valence electrons. The number of hydrogen-bond donors (Lipinski definition) is 2. The number of carboxylic acids is 1. The van der Waals surface area contributed by atoms with Crippen molar-refractivity contribution in [2.75, 3.05) is 5.73 Å². The maximum absolute atomic E-state index is 11.1. The summed E-state index contributed by atoms with van der Waals surface area (Å²) in [6, 6.07) is 8.33. The van der Waals surface area contributed by atoms with Gasteiger partial charge in [0.2, 0.25) is 0 Å². The van der Waals surface area contributed by atoms with Gasteiger partial charge in [-0.3, -0.25) is 4.98 Å². The van der Waals surface area contributed by atoms with E-state index >= 15 is 0 Å². The summed E-state index contributed by atoms with van der Waals surface area (Å²) in [4.78, 5) is 16.0. The normalized spacial score (nSPS) is 10.4. The Morgan fingerprint density at radius 2 is 2.21 bits per heavy atom. The summed E-state index contributed by atoms with van der Waals surface area (Å²) in [6.45, 7) is 0. The number of benzene rings is 1. The summed E-state index contributed by atoms with van der Waals surface area (Å²) in [5.41, 5.74) is 7.03. The predicted molar refractivity (Wildman–Crippen MR) is 76.6 cm³/mol. The first-order valence-corrected chi connectivity index (χ1v) is 6.79. The van der Waals surface area contributed by atoms with Crippen LogP contribution in [-0.4, -0.2) is 16.1 Å². The van der Waals surface area contributed by atoms with E-state index in [0.717, 1.165) is 4.90 Å². The molecular formula is C13H11ClN2O2S. The van der Waals surface area contributed by atoms with Crippen molar-refractivity contribution >= 4 is 35.0 Å². The Balaban J connectivity index is 2.19. The maximum Gasteiger partial charge on any atom is 0.337 e. The van der Waals surface area contributed by atoms with E-state index in [1.165, 1.54) is 17.8 Å². The van der Waals surface area contributed by atoms with Crippen molar-refractivity contribution in [2.45, 2.75) is 10.6 Å². The van der Waals surface area contributed by atoms with Crippen molar-refractivity contribution < 1.29 is 9.90 Å². The molecule has 0 aliphatic rings. The lowest BCUT2D eigenvalue weighted by Gasteiger charge is -2.07. The molecule has 0 saturated carbocycles. The Hall–Kier alpha value is -1.72. The van der Waals surface area contributed by atoms with Crippen LogP contribution in [0.5, 0.6) is 0 Å². The van der Waals surface area contributed by atoms with Crippen LogP contribution in [0.2, 0.25) is 5.02 Å². The molecule has 1 aromatic carbocycles. The summed E-state index contributed by atoms with van der Waals surface area (Å²) in [7, 11) is 0. The number of aromatic carboxylic acids is 1. The molecule has 0 bridgehead atoms. The third-order valence-corrected chi connectivity index (χ3v) is 3.95. The zero-order chi connectivity index (χ0) is 13.8. The molecule has 1 heterocycles. The van der Waals surface area contributed by atoms with Gasteiger partial charge in [-0.1, -0.05) is 11.6 Å². The minimum absolute atomic E-state index is 0.204. The molecule has 0 atom stereocenters. The van der Waals surface area contributed by atoms with Gasteiger partial charge in [0.1, 0.15) is 0 Å². The van der Waals surface area contributed by atoms with Crippen LogP contribution < -0.4 is 5.73 Å². The second-order valence-electron chi connectivity index (χ2n) is 3.78. The molecule has 6 heteroatoms. The SMILES string of the molecule is Nc1ccc(Cl)c(SCc2ncccc2C(=O)O)c1. The first-order chi connectivity index (χ1) is 9.08. The number of halogens is 1. The standard InChI is InChI=1S/C13H11ClN2O2S/c14-10-4-3-8(15)6-12(10)19-7-11-9(13(17)18)2-1-5-16-11/h1-6H,7,15H2,(H,17,18). The lowest BCUT2D eigenvalue weighted by molar-refractivity contribution is 0.0695. The van der Waals surface area contributed by atoms with E-state index < -0.39 is 5.97 Å². The van der Waals surface area contributed by atoms with Gasteiger partial charge in [-0.15, -0.1) is 11.8 Å². The van der Waals surface area contributed by atoms with Crippen molar-refractivity contribution in [1.29, 1.82) is 0 Å². The van der Waals surface area contributed by atoms with Crippen LogP contribution >= 0.6 is 23.4 Å². The van der Waals surface area contributed by atoms with E-state index in [1.807, 2.05) is 0 Å². The molecule has 3 N–H and O–H groups in total. The third-order valence-electron chi connectivity index (χ3n) is 2.44. The Morgan fingerprint density at radius 1 is 1.42 bits per heavy atom. The quantitative estimate of drug-likeness (QED) is 0.668. The molecule has 0 aliphatic heterocycles. The fourth-order valence-electron chi connectivity index (χ4n) is 1.52. The Labute approximate surface area is 119 Å². The molecule has 4 nitrogen and oxygen atoms in total. The van der Waals surface area contributed by atoms with Gasteiger partial charge in [0.15, 0.2) is 0 Å². The van der Waals surface area contributed by atoms with Crippen LogP contribution in [0.1, 0.15) is 16.1 Å². The highest BCUT2D eigenvalue weighted by Gasteiger charge is 2.11. The van der Waals surface area contributed by atoms with Gasteiger partial charge in [-0.05, 0) is 30.3 Å².